The number of carbonyl (C=O) groups is 1. The molecule has 1 atom stereocenters. The van der Waals surface area contributed by atoms with Crippen LogP contribution in [0.4, 0.5) is 0 Å². The Morgan fingerprint density at radius 2 is 1.84 bits per heavy atom. The minimum atomic E-state index is -0.375. The van der Waals surface area contributed by atoms with Crippen LogP contribution in [0.3, 0.4) is 0 Å². The van der Waals surface area contributed by atoms with Gasteiger partial charge in [0.05, 0.1) is 11.6 Å². The maximum absolute atomic E-state index is 12.8. The van der Waals surface area contributed by atoms with E-state index < -0.39 is 0 Å². The summed E-state index contributed by atoms with van der Waals surface area (Å²) in [5.74, 6) is -0.440. The lowest BCUT2D eigenvalue weighted by atomic mass is 10.0. The van der Waals surface area contributed by atoms with E-state index in [1.807, 2.05) is 41.8 Å². The van der Waals surface area contributed by atoms with Gasteiger partial charge in [0, 0.05) is 51.6 Å². The summed E-state index contributed by atoms with van der Waals surface area (Å²) in [5, 5.41) is 5.03. The Morgan fingerprint density at radius 1 is 1.09 bits per heavy atom. The molecule has 3 aromatic rings. The highest BCUT2D eigenvalue weighted by atomic mass is 79.9. The number of allylic oxidation sites excluding steroid dienone is 1. The Hall–Kier alpha value is -2.96. The number of aliphatic imine (C=N–C) groups is 1. The molecule has 1 amide bonds. The fourth-order valence-corrected chi connectivity index (χ4v) is 4.50. The van der Waals surface area contributed by atoms with Gasteiger partial charge < -0.3 is 5.32 Å². The molecule has 0 aliphatic carbocycles. The van der Waals surface area contributed by atoms with E-state index in [1.165, 1.54) is 0 Å². The number of halogens is 1. The molecule has 4 nitrogen and oxygen atoms in total. The SMILES string of the molecule is C=CC(CC1=CSc2ccccc2C(c2ccc(Br)cc2)=N1)C(=O)NCc1ccncc1. The monoisotopic (exact) mass is 503 g/mol. The first-order chi connectivity index (χ1) is 15.6. The van der Waals surface area contributed by atoms with Gasteiger partial charge in [-0.3, -0.25) is 14.8 Å². The van der Waals surface area contributed by atoms with Crippen molar-refractivity contribution in [3.8, 4) is 0 Å². The number of hydrogen-bond donors (Lipinski definition) is 1. The molecule has 1 aliphatic heterocycles. The largest absolute Gasteiger partial charge is 0.352 e. The van der Waals surface area contributed by atoms with Crippen LogP contribution in [0.15, 0.2) is 111 Å². The molecule has 1 unspecified atom stereocenters. The van der Waals surface area contributed by atoms with Gasteiger partial charge in [-0.25, -0.2) is 0 Å². The standard InChI is InChI=1S/C26H22BrN3OS/c1-2-19(26(31)29-16-18-11-13-28-14-12-18)15-22-17-32-24-6-4-3-5-23(24)25(30-22)20-7-9-21(27)10-8-20/h2-14,17,19H,1,15-16H2,(H,29,31). The maximum Gasteiger partial charge on any atom is 0.227 e. The van der Waals surface area contributed by atoms with Gasteiger partial charge in [-0.1, -0.05) is 64.1 Å². The number of nitrogens with one attached hydrogen (secondary N) is 1. The highest BCUT2D eigenvalue weighted by Gasteiger charge is 2.20. The molecular weight excluding hydrogens is 482 g/mol. The Kier molecular flexibility index (Phi) is 7.35. The average Bonchev–Trinajstić information content (AvgIpc) is 3.02. The smallest absolute Gasteiger partial charge is 0.227 e. The van der Waals surface area contributed by atoms with Crippen LogP contribution in [-0.4, -0.2) is 16.6 Å². The number of amides is 1. The number of carbonyl (C=O) groups excluding carboxylic acids is 1. The molecule has 0 saturated carbocycles. The first kappa shape index (κ1) is 22.2. The zero-order chi connectivity index (χ0) is 22.3. The molecule has 1 aromatic heterocycles. The molecule has 1 N–H and O–H groups in total. The Bertz CT molecular complexity index is 1170. The summed E-state index contributed by atoms with van der Waals surface area (Å²) in [6.45, 7) is 4.35. The van der Waals surface area contributed by atoms with Crippen LogP contribution in [0.1, 0.15) is 23.1 Å². The van der Waals surface area contributed by atoms with Crippen LogP contribution in [0.2, 0.25) is 0 Å². The lowest BCUT2D eigenvalue weighted by molar-refractivity contribution is -0.123. The molecule has 2 aromatic carbocycles. The van der Waals surface area contributed by atoms with Gasteiger partial charge >= 0.3 is 0 Å². The first-order valence-corrected chi connectivity index (χ1v) is 11.9. The summed E-state index contributed by atoms with van der Waals surface area (Å²) in [5.41, 5.74) is 4.89. The van der Waals surface area contributed by atoms with Crippen molar-refractivity contribution in [2.75, 3.05) is 0 Å². The van der Waals surface area contributed by atoms with E-state index in [2.05, 4.69) is 57.1 Å². The fraction of sp³-hybridized carbons (Fsp3) is 0.115. The van der Waals surface area contributed by atoms with Crippen molar-refractivity contribution in [3.05, 3.63) is 118 Å². The molecule has 0 fully saturated rings. The van der Waals surface area contributed by atoms with Crippen LogP contribution in [0.25, 0.3) is 0 Å². The summed E-state index contributed by atoms with van der Waals surface area (Å²) in [6, 6.07) is 20.2. The van der Waals surface area contributed by atoms with Gasteiger partial charge in [0.1, 0.15) is 0 Å². The molecule has 0 saturated heterocycles. The van der Waals surface area contributed by atoms with Crippen LogP contribution in [0, 0.1) is 5.92 Å². The first-order valence-electron chi connectivity index (χ1n) is 10.2. The normalized spacial score (nSPS) is 13.8. The number of fused-ring (bicyclic) bond motifs is 1. The number of benzene rings is 2. The van der Waals surface area contributed by atoms with Crippen molar-refractivity contribution in [2.45, 2.75) is 17.9 Å². The number of hydrogen-bond acceptors (Lipinski definition) is 4. The minimum absolute atomic E-state index is 0.0649. The topological polar surface area (TPSA) is 54.4 Å². The molecule has 160 valence electrons. The Balaban J connectivity index is 1.57. The van der Waals surface area contributed by atoms with E-state index in [-0.39, 0.29) is 11.8 Å². The molecule has 0 spiro atoms. The summed E-state index contributed by atoms with van der Waals surface area (Å²) in [7, 11) is 0. The fourth-order valence-electron chi connectivity index (χ4n) is 3.38. The van der Waals surface area contributed by atoms with E-state index >= 15 is 0 Å². The third-order valence-corrected chi connectivity index (χ3v) is 6.63. The lowest BCUT2D eigenvalue weighted by Gasteiger charge is -2.14. The lowest BCUT2D eigenvalue weighted by Crippen LogP contribution is -2.29. The highest BCUT2D eigenvalue weighted by Crippen LogP contribution is 2.33. The number of thioether (sulfide) groups is 1. The zero-order valence-electron chi connectivity index (χ0n) is 17.4. The molecule has 0 bridgehead atoms. The third kappa shape index (κ3) is 5.44. The highest BCUT2D eigenvalue weighted by molar-refractivity contribution is 9.10. The van der Waals surface area contributed by atoms with E-state index in [0.717, 1.165) is 37.5 Å². The molecule has 0 radical (unpaired) electrons. The minimum Gasteiger partial charge on any atom is -0.352 e. The second-order valence-electron chi connectivity index (χ2n) is 7.31. The molecule has 6 heteroatoms. The number of nitrogens with zero attached hydrogens (tertiary/aromatic N) is 2. The van der Waals surface area contributed by atoms with Gasteiger partial charge in [0.2, 0.25) is 5.91 Å². The average molecular weight is 504 g/mol. The maximum atomic E-state index is 12.8. The molecular formula is C26H22BrN3OS. The van der Waals surface area contributed by atoms with Crippen molar-refractivity contribution in [3.63, 3.8) is 0 Å². The zero-order valence-corrected chi connectivity index (χ0v) is 19.8. The van der Waals surface area contributed by atoms with Crippen molar-refractivity contribution < 1.29 is 4.79 Å². The van der Waals surface area contributed by atoms with Crippen molar-refractivity contribution in [1.82, 2.24) is 10.3 Å². The van der Waals surface area contributed by atoms with Crippen LogP contribution in [-0.2, 0) is 11.3 Å². The molecule has 1 aliphatic rings. The van der Waals surface area contributed by atoms with Crippen molar-refractivity contribution in [2.24, 2.45) is 10.9 Å². The van der Waals surface area contributed by atoms with Gasteiger partial charge in [0.25, 0.3) is 0 Å². The molecule has 2 heterocycles. The summed E-state index contributed by atoms with van der Waals surface area (Å²) in [4.78, 5) is 23.0. The van der Waals surface area contributed by atoms with E-state index in [0.29, 0.717) is 13.0 Å². The second-order valence-corrected chi connectivity index (χ2v) is 9.14. The van der Waals surface area contributed by atoms with Crippen molar-refractivity contribution >= 4 is 39.3 Å². The van der Waals surface area contributed by atoms with E-state index in [4.69, 9.17) is 4.99 Å². The van der Waals surface area contributed by atoms with E-state index in [1.54, 1.807) is 30.2 Å². The molecule has 4 rings (SSSR count). The quantitative estimate of drug-likeness (QED) is 0.394. The van der Waals surface area contributed by atoms with Gasteiger partial charge in [0.15, 0.2) is 0 Å². The van der Waals surface area contributed by atoms with Gasteiger partial charge in [-0.2, -0.15) is 0 Å². The molecule has 32 heavy (non-hydrogen) atoms. The summed E-state index contributed by atoms with van der Waals surface area (Å²) < 4.78 is 1.02. The number of rotatable bonds is 7. The predicted molar refractivity (Wildman–Crippen MR) is 135 cm³/mol. The number of pyridine rings is 1. The predicted octanol–water partition coefficient (Wildman–Crippen LogP) is 6.14. The van der Waals surface area contributed by atoms with Crippen LogP contribution < -0.4 is 5.32 Å². The van der Waals surface area contributed by atoms with Gasteiger partial charge in [-0.15, -0.1) is 6.58 Å². The summed E-state index contributed by atoms with van der Waals surface area (Å²) >= 11 is 5.14. The second kappa shape index (κ2) is 10.6. The Labute approximate surface area is 200 Å². The third-order valence-electron chi connectivity index (χ3n) is 5.10. The van der Waals surface area contributed by atoms with Crippen molar-refractivity contribution in [1.29, 1.82) is 0 Å². The Morgan fingerprint density at radius 3 is 2.59 bits per heavy atom. The van der Waals surface area contributed by atoms with Crippen LogP contribution >= 0.6 is 27.7 Å². The van der Waals surface area contributed by atoms with Gasteiger partial charge in [-0.05, 0) is 41.3 Å². The summed E-state index contributed by atoms with van der Waals surface area (Å²) in [6.07, 6.45) is 5.61. The van der Waals surface area contributed by atoms with Crippen LogP contribution in [0.5, 0.6) is 0 Å². The van der Waals surface area contributed by atoms with E-state index in [9.17, 15) is 4.79 Å². The number of aromatic nitrogens is 1.